The van der Waals surface area contributed by atoms with E-state index < -0.39 is 13.7 Å². The van der Waals surface area contributed by atoms with Gasteiger partial charge in [-0.25, -0.2) is 9.97 Å². The van der Waals surface area contributed by atoms with Crippen molar-refractivity contribution in [2.75, 3.05) is 5.32 Å². The van der Waals surface area contributed by atoms with Crippen LogP contribution >= 0.6 is 11.6 Å². The van der Waals surface area contributed by atoms with Crippen molar-refractivity contribution in [3.63, 3.8) is 0 Å². The third-order valence-corrected chi connectivity index (χ3v) is 10.2. The number of hydrogen-bond acceptors (Lipinski definition) is 4. The van der Waals surface area contributed by atoms with Crippen molar-refractivity contribution in [1.82, 2.24) is 9.97 Å². The van der Waals surface area contributed by atoms with E-state index in [4.69, 9.17) is 16.0 Å². The quantitative estimate of drug-likeness (QED) is 0.661. The molecule has 1 spiro atoms. The van der Waals surface area contributed by atoms with Crippen molar-refractivity contribution in [1.29, 1.82) is 0 Å². The summed E-state index contributed by atoms with van der Waals surface area (Å²) >= 11 is 6.21. The van der Waals surface area contributed by atoms with Gasteiger partial charge in [-0.1, -0.05) is 32.4 Å². The first-order chi connectivity index (χ1) is 10.1. The molecule has 1 saturated carbocycles. The number of nitrogens with one attached hydrogen (secondary N) is 1. The second-order valence-electron chi connectivity index (χ2n) is 7.83. The molecule has 3 rings (SSSR count). The molecule has 120 valence electrons. The number of halogens is 1. The van der Waals surface area contributed by atoms with Gasteiger partial charge in [-0.15, -0.1) is 0 Å². The van der Waals surface area contributed by atoms with E-state index >= 15 is 0 Å². The maximum absolute atomic E-state index is 12.4. The lowest BCUT2D eigenvalue weighted by molar-refractivity contribution is -0.127. The lowest BCUT2D eigenvalue weighted by Crippen LogP contribution is -2.55. The Morgan fingerprint density at radius 3 is 2.59 bits per heavy atom. The Morgan fingerprint density at radius 2 is 2.00 bits per heavy atom. The minimum absolute atomic E-state index is 0.0278. The highest BCUT2D eigenvalue weighted by molar-refractivity contribution is 6.74. The first-order valence-corrected chi connectivity index (χ1v) is 10.9. The summed E-state index contributed by atoms with van der Waals surface area (Å²) in [6.07, 6.45) is 2.80. The Kier molecular flexibility index (Phi) is 3.44. The molecular formula is C15H22ClN3O2Si. The summed E-state index contributed by atoms with van der Waals surface area (Å²) in [6.45, 7) is 11.1. The van der Waals surface area contributed by atoms with Crippen LogP contribution in [0.25, 0.3) is 0 Å². The summed E-state index contributed by atoms with van der Waals surface area (Å²) in [5.41, 5.74) is 0.150. The zero-order chi connectivity index (χ0) is 16.3. The van der Waals surface area contributed by atoms with Gasteiger partial charge < -0.3 is 9.74 Å². The largest absolute Gasteiger partial charge is 0.414 e. The van der Waals surface area contributed by atoms with Crippen LogP contribution in [0.4, 0.5) is 5.82 Å². The minimum atomic E-state index is -1.83. The van der Waals surface area contributed by atoms with Gasteiger partial charge in [-0.2, -0.15) is 0 Å². The fourth-order valence-electron chi connectivity index (χ4n) is 3.01. The average Bonchev–Trinajstić information content (AvgIpc) is 2.61. The number of fused-ring (bicyclic) bond motifs is 2. The Bertz CT molecular complexity index is 636. The third-order valence-electron chi connectivity index (χ3n) is 5.37. The molecule has 0 saturated heterocycles. The van der Waals surface area contributed by atoms with Crippen LogP contribution in [0.15, 0.2) is 6.33 Å². The predicted molar refractivity (Wildman–Crippen MR) is 88.7 cm³/mol. The minimum Gasteiger partial charge on any atom is -0.414 e. The second-order valence-corrected chi connectivity index (χ2v) is 12.9. The highest BCUT2D eigenvalue weighted by Crippen LogP contribution is 2.54. The Balaban J connectivity index is 1.80. The van der Waals surface area contributed by atoms with Crippen LogP contribution in [0, 0.1) is 0 Å². The summed E-state index contributed by atoms with van der Waals surface area (Å²) < 4.78 is 6.40. The van der Waals surface area contributed by atoms with Crippen molar-refractivity contribution in [3.05, 3.63) is 17.0 Å². The number of carbonyl (C=O) groups excluding carboxylic acids is 1. The average molecular weight is 340 g/mol. The topological polar surface area (TPSA) is 64.1 Å². The van der Waals surface area contributed by atoms with Crippen molar-refractivity contribution in [2.45, 2.75) is 63.3 Å². The maximum atomic E-state index is 12.4. The Labute approximate surface area is 137 Å². The molecule has 0 unspecified atom stereocenters. The van der Waals surface area contributed by atoms with Crippen LogP contribution in [-0.4, -0.2) is 30.3 Å². The first kappa shape index (κ1) is 15.9. The fraction of sp³-hybridized carbons (Fsp3) is 0.667. The molecule has 0 atom stereocenters. The van der Waals surface area contributed by atoms with Crippen molar-refractivity contribution in [2.24, 2.45) is 0 Å². The van der Waals surface area contributed by atoms with E-state index in [-0.39, 0.29) is 17.0 Å². The first-order valence-electron chi connectivity index (χ1n) is 7.57. The molecule has 0 bridgehead atoms. The van der Waals surface area contributed by atoms with E-state index in [9.17, 15) is 4.79 Å². The van der Waals surface area contributed by atoms with E-state index in [2.05, 4.69) is 49.1 Å². The van der Waals surface area contributed by atoms with Crippen LogP contribution in [0.5, 0.6) is 0 Å². The zero-order valence-corrected chi connectivity index (χ0v) is 15.4. The molecule has 1 aromatic heterocycles. The Hall–Kier alpha value is -0.983. The van der Waals surface area contributed by atoms with Gasteiger partial charge in [-0.05, 0) is 31.0 Å². The predicted octanol–water partition coefficient (Wildman–Crippen LogP) is 3.50. The number of nitrogens with zero attached hydrogens (tertiary/aromatic N) is 2. The summed E-state index contributed by atoms with van der Waals surface area (Å²) in [7, 11) is -1.83. The van der Waals surface area contributed by atoms with Gasteiger partial charge in [-0.3, -0.25) is 4.79 Å². The smallest absolute Gasteiger partial charge is 0.236 e. The molecule has 2 aliphatic rings. The van der Waals surface area contributed by atoms with Gasteiger partial charge in [0.05, 0.1) is 5.41 Å². The second kappa shape index (κ2) is 4.76. The van der Waals surface area contributed by atoms with E-state index in [1.54, 1.807) is 0 Å². The summed E-state index contributed by atoms with van der Waals surface area (Å²) in [5, 5.41) is 3.35. The van der Waals surface area contributed by atoms with Gasteiger partial charge in [0.2, 0.25) is 5.91 Å². The molecule has 1 aromatic rings. The van der Waals surface area contributed by atoms with Crippen LogP contribution in [-0.2, 0) is 14.6 Å². The summed E-state index contributed by atoms with van der Waals surface area (Å²) in [4.78, 5) is 20.6. The van der Waals surface area contributed by atoms with Crippen molar-refractivity contribution < 1.29 is 9.22 Å². The molecule has 2 heterocycles. The molecule has 1 fully saturated rings. The van der Waals surface area contributed by atoms with Crippen LogP contribution in [0.2, 0.25) is 23.3 Å². The van der Waals surface area contributed by atoms with Gasteiger partial charge in [0, 0.05) is 11.7 Å². The normalized spacial score (nSPS) is 27.5. The lowest BCUT2D eigenvalue weighted by Gasteiger charge is -2.48. The third kappa shape index (κ3) is 2.20. The van der Waals surface area contributed by atoms with E-state index in [1.165, 1.54) is 6.33 Å². The molecule has 1 aliphatic carbocycles. The van der Waals surface area contributed by atoms with E-state index in [1.807, 2.05) is 0 Å². The number of anilines is 1. The number of hydrogen-bond donors (Lipinski definition) is 1. The summed E-state index contributed by atoms with van der Waals surface area (Å²) in [5.74, 6) is 0.524. The van der Waals surface area contributed by atoms with Gasteiger partial charge in [0.1, 0.15) is 17.3 Å². The SMILES string of the molecule is CC(C)(C)[Si](C)(C)OC1CC2(C1)C(=O)Nc1ncnc(Cl)c12. The van der Waals surface area contributed by atoms with E-state index in [0.29, 0.717) is 23.8 Å². The highest BCUT2D eigenvalue weighted by atomic mass is 35.5. The molecule has 7 heteroatoms. The lowest BCUT2D eigenvalue weighted by atomic mass is 9.64. The standard InChI is InChI=1S/C15H22ClN3O2Si/c1-14(2,3)22(4,5)21-9-6-15(7-9)10-11(16)17-8-18-12(10)19-13(15)20/h8-9H,6-7H2,1-5H3,(H,17,18,19,20). The Morgan fingerprint density at radius 1 is 1.36 bits per heavy atom. The number of aromatic nitrogens is 2. The molecular weight excluding hydrogens is 318 g/mol. The van der Waals surface area contributed by atoms with Gasteiger partial charge in [0.15, 0.2) is 8.32 Å². The summed E-state index contributed by atoms with van der Waals surface area (Å²) in [6, 6.07) is 0. The highest BCUT2D eigenvalue weighted by Gasteiger charge is 2.59. The number of carbonyl (C=O) groups is 1. The molecule has 5 nitrogen and oxygen atoms in total. The molecule has 1 N–H and O–H groups in total. The van der Waals surface area contributed by atoms with Gasteiger partial charge in [0.25, 0.3) is 0 Å². The maximum Gasteiger partial charge on any atom is 0.236 e. The van der Waals surface area contributed by atoms with Crippen LogP contribution in [0.1, 0.15) is 39.2 Å². The monoisotopic (exact) mass is 339 g/mol. The molecule has 22 heavy (non-hydrogen) atoms. The number of amides is 1. The molecule has 0 radical (unpaired) electrons. The van der Waals surface area contributed by atoms with Crippen LogP contribution < -0.4 is 5.32 Å². The van der Waals surface area contributed by atoms with E-state index in [0.717, 1.165) is 5.56 Å². The molecule has 1 aliphatic heterocycles. The molecule has 1 amide bonds. The van der Waals surface area contributed by atoms with Crippen molar-refractivity contribution in [3.8, 4) is 0 Å². The van der Waals surface area contributed by atoms with Crippen molar-refractivity contribution >= 4 is 31.6 Å². The number of rotatable bonds is 2. The zero-order valence-electron chi connectivity index (χ0n) is 13.7. The molecule has 0 aromatic carbocycles. The van der Waals surface area contributed by atoms with Gasteiger partial charge >= 0.3 is 0 Å². The fourth-order valence-corrected chi connectivity index (χ4v) is 4.68. The van der Waals surface area contributed by atoms with Crippen LogP contribution in [0.3, 0.4) is 0 Å².